The number of carbonyl (C=O) groups is 1. The third-order valence-electron chi connectivity index (χ3n) is 2.61. The molecule has 0 saturated carbocycles. The van der Waals surface area contributed by atoms with Crippen molar-refractivity contribution in [1.29, 1.82) is 0 Å². The highest BCUT2D eigenvalue weighted by Crippen LogP contribution is 2.27. The van der Waals surface area contributed by atoms with Crippen LogP contribution in [0.2, 0.25) is 0 Å². The number of urea groups is 1. The highest BCUT2D eigenvalue weighted by Gasteiger charge is 2.26. The second-order valence-electron chi connectivity index (χ2n) is 5.21. The van der Waals surface area contributed by atoms with Gasteiger partial charge in [0, 0.05) is 17.8 Å². The molecule has 1 heterocycles. The average Bonchev–Trinajstić information content (AvgIpc) is 2.73. The Labute approximate surface area is 110 Å². The predicted octanol–water partition coefficient (Wildman–Crippen LogP) is 3.58. The van der Waals surface area contributed by atoms with E-state index in [4.69, 9.17) is 0 Å². The summed E-state index contributed by atoms with van der Waals surface area (Å²) in [4.78, 5) is 13.9. The number of carbonyl (C=O) groups excluding carboxylic acids is 1. The van der Waals surface area contributed by atoms with Gasteiger partial charge in [0.1, 0.15) is 0 Å². The standard InChI is InChI=1S/C13H18N2O.C2H6/c1-13(2,3)14-12(16)15-9-8-10-6-4-5-7-11(10)15;1-2/h4-7H,8-9H2,1-3H3,(H,14,16);1-2H3. The summed E-state index contributed by atoms with van der Waals surface area (Å²) in [5, 5.41) is 2.99. The molecular formula is C15H24N2O. The molecule has 0 saturated heterocycles. The molecule has 3 nitrogen and oxygen atoms in total. The van der Waals surface area contributed by atoms with Gasteiger partial charge >= 0.3 is 6.03 Å². The van der Waals surface area contributed by atoms with Crippen LogP contribution in [0.4, 0.5) is 10.5 Å². The van der Waals surface area contributed by atoms with E-state index in [-0.39, 0.29) is 11.6 Å². The van der Waals surface area contributed by atoms with Crippen LogP contribution in [0.5, 0.6) is 0 Å². The van der Waals surface area contributed by atoms with E-state index in [1.54, 1.807) is 0 Å². The maximum Gasteiger partial charge on any atom is 0.322 e. The second kappa shape index (κ2) is 5.89. The fourth-order valence-electron chi connectivity index (χ4n) is 1.94. The molecular weight excluding hydrogens is 224 g/mol. The van der Waals surface area contributed by atoms with Crippen molar-refractivity contribution in [2.75, 3.05) is 11.4 Å². The van der Waals surface area contributed by atoms with Gasteiger partial charge in [-0.2, -0.15) is 0 Å². The lowest BCUT2D eigenvalue weighted by molar-refractivity contribution is 0.238. The molecule has 2 amide bonds. The van der Waals surface area contributed by atoms with Crippen LogP contribution in [0.1, 0.15) is 40.2 Å². The summed E-state index contributed by atoms with van der Waals surface area (Å²) in [7, 11) is 0. The number of para-hydroxylation sites is 1. The molecule has 0 bridgehead atoms. The molecule has 3 heteroatoms. The zero-order chi connectivity index (χ0) is 13.8. The molecule has 0 aromatic heterocycles. The van der Waals surface area contributed by atoms with E-state index in [9.17, 15) is 4.79 Å². The normalized spacial score (nSPS) is 13.5. The van der Waals surface area contributed by atoms with Crippen LogP contribution in [0.25, 0.3) is 0 Å². The van der Waals surface area contributed by atoms with Crippen LogP contribution in [0, 0.1) is 0 Å². The first-order chi connectivity index (χ1) is 8.47. The topological polar surface area (TPSA) is 32.3 Å². The minimum Gasteiger partial charge on any atom is -0.333 e. The molecule has 1 aromatic rings. The highest BCUT2D eigenvalue weighted by molar-refractivity contribution is 5.94. The second-order valence-corrected chi connectivity index (χ2v) is 5.21. The van der Waals surface area contributed by atoms with Gasteiger partial charge in [-0.05, 0) is 38.8 Å². The molecule has 1 N–H and O–H groups in total. The third-order valence-corrected chi connectivity index (χ3v) is 2.61. The fraction of sp³-hybridized carbons (Fsp3) is 0.533. The van der Waals surface area contributed by atoms with Gasteiger partial charge in [0.2, 0.25) is 0 Å². The summed E-state index contributed by atoms with van der Waals surface area (Å²) >= 11 is 0. The summed E-state index contributed by atoms with van der Waals surface area (Å²) in [5.74, 6) is 0. The number of anilines is 1. The van der Waals surface area contributed by atoms with Gasteiger partial charge in [-0.3, -0.25) is 4.90 Å². The van der Waals surface area contributed by atoms with Gasteiger partial charge in [0.05, 0.1) is 0 Å². The van der Waals surface area contributed by atoms with Crippen LogP contribution in [0.3, 0.4) is 0 Å². The zero-order valence-corrected chi connectivity index (χ0v) is 12.1. The lowest BCUT2D eigenvalue weighted by atomic mass is 10.1. The van der Waals surface area contributed by atoms with E-state index in [0.29, 0.717) is 0 Å². The van der Waals surface area contributed by atoms with Crippen LogP contribution >= 0.6 is 0 Å². The summed E-state index contributed by atoms with van der Waals surface area (Å²) in [6, 6.07) is 8.08. The Bertz CT molecular complexity index is 407. The van der Waals surface area contributed by atoms with Gasteiger partial charge in [0.15, 0.2) is 0 Å². The molecule has 0 atom stereocenters. The van der Waals surface area contributed by atoms with Crippen LogP contribution in [-0.4, -0.2) is 18.1 Å². The van der Waals surface area contributed by atoms with Crippen LogP contribution < -0.4 is 10.2 Å². The Morgan fingerprint density at radius 2 is 1.83 bits per heavy atom. The van der Waals surface area contributed by atoms with E-state index in [1.165, 1.54) is 5.56 Å². The third kappa shape index (κ3) is 3.49. The van der Waals surface area contributed by atoms with E-state index in [1.807, 2.05) is 57.7 Å². The average molecular weight is 248 g/mol. The molecule has 1 aromatic carbocycles. The lowest BCUT2D eigenvalue weighted by Gasteiger charge is -2.25. The molecule has 0 aliphatic carbocycles. The summed E-state index contributed by atoms with van der Waals surface area (Å²) in [5.41, 5.74) is 2.12. The molecule has 2 rings (SSSR count). The first-order valence-electron chi connectivity index (χ1n) is 6.65. The first kappa shape index (κ1) is 14.6. The number of hydrogen-bond donors (Lipinski definition) is 1. The Morgan fingerprint density at radius 1 is 1.22 bits per heavy atom. The van der Waals surface area contributed by atoms with Crippen molar-refractivity contribution >= 4 is 11.7 Å². The number of rotatable bonds is 0. The predicted molar refractivity (Wildman–Crippen MR) is 77.1 cm³/mol. The smallest absolute Gasteiger partial charge is 0.322 e. The molecule has 0 radical (unpaired) electrons. The van der Waals surface area contributed by atoms with Crippen molar-refractivity contribution in [3.05, 3.63) is 29.8 Å². The molecule has 0 unspecified atom stereocenters. The maximum atomic E-state index is 12.0. The molecule has 18 heavy (non-hydrogen) atoms. The number of hydrogen-bond acceptors (Lipinski definition) is 1. The minimum absolute atomic E-state index is 0.00236. The van der Waals surface area contributed by atoms with Gasteiger partial charge in [-0.15, -0.1) is 0 Å². The first-order valence-corrected chi connectivity index (χ1v) is 6.65. The van der Waals surface area contributed by atoms with Gasteiger partial charge in [-0.25, -0.2) is 4.79 Å². The number of nitrogens with zero attached hydrogens (tertiary/aromatic N) is 1. The number of fused-ring (bicyclic) bond motifs is 1. The van der Waals surface area contributed by atoms with Crippen molar-refractivity contribution < 1.29 is 4.79 Å². The molecule has 0 spiro atoms. The quantitative estimate of drug-likeness (QED) is 0.747. The Hall–Kier alpha value is -1.51. The van der Waals surface area contributed by atoms with Gasteiger partial charge < -0.3 is 5.32 Å². The number of benzene rings is 1. The summed E-state index contributed by atoms with van der Waals surface area (Å²) in [6.45, 7) is 10.8. The van der Waals surface area contributed by atoms with Gasteiger partial charge in [-0.1, -0.05) is 32.0 Å². The van der Waals surface area contributed by atoms with E-state index < -0.39 is 0 Å². The van der Waals surface area contributed by atoms with E-state index in [0.717, 1.165) is 18.7 Å². The minimum atomic E-state index is -0.186. The molecule has 1 aliphatic heterocycles. The Balaban J connectivity index is 0.000000771. The number of nitrogens with one attached hydrogen (secondary N) is 1. The summed E-state index contributed by atoms with van der Waals surface area (Å²) in [6.07, 6.45) is 0.952. The van der Waals surface area contributed by atoms with Crippen molar-refractivity contribution in [1.82, 2.24) is 5.32 Å². The highest BCUT2D eigenvalue weighted by atomic mass is 16.2. The molecule has 0 fully saturated rings. The fourth-order valence-corrected chi connectivity index (χ4v) is 1.94. The summed E-state index contributed by atoms with van der Waals surface area (Å²) < 4.78 is 0. The maximum absolute atomic E-state index is 12.0. The van der Waals surface area contributed by atoms with Crippen LogP contribution in [0.15, 0.2) is 24.3 Å². The zero-order valence-electron chi connectivity index (χ0n) is 12.1. The SMILES string of the molecule is CC.CC(C)(C)NC(=O)N1CCc2ccccc21. The molecule has 1 aliphatic rings. The largest absolute Gasteiger partial charge is 0.333 e. The lowest BCUT2D eigenvalue weighted by Crippen LogP contribution is -2.48. The van der Waals surface area contributed by atoms with E-state index >= 15 is 0 Å². The Kier molecular flexibility index (Phi) is 4.76. The van der Waals surface area contributed by atoms with Gasteiger partial charge in [0.25, 0.3) is 0 Å². The van der Waals surface area contributed by atoms with E-state index in [2.05, 4.69) is 11.4 Å². The Morgan fingerprint density at radius 3 is 2.44 bits per heavy atom. The number of amides is 2. The monoisotopic (exact) mass is 248 g/mol. The van der Waals surface area contributed by atoms with Crippen molar-refractivity contribution in [3.63, 3.8) is 0 Å². The van der Waals surface area contributed by atoms with Crippen molar-refractivity contribution in [2.45, 2.75) is 46.6 Å². The van der Waals surface area contributed by atoms with Crippen molar-refractivity contribution in [3.8, 4) is 0 Å². The molecule has 100 valence electrons. The van der Waals surface area contributed by atoms with Crippen molar-refractivity contribution in [2.24, 2.45) is 0 Å². The van der Waals surface area contributed by atoms with Crippen LogP contribution in [-0.2, 0) is 6.42 Å².